The third-order valence-electron chi connectivity index (χ3n) is 3.58. The zero-order chi connectivity index (χ0) is 15.6. The maximum absolute atomic E-state index is 12.2. The number of pyridine rings is 1. The fourth-order valence-electron chi connectivity index (χ4n) is 2.39. The van der Waals surface area contributed by atoms with Crippen LogP contribution >= 0.6 is 0 Å². The first-order chi connectivity index (χ1) is 10.6. The first kappa shape index (κ1) is 14.7. The molecule has 0 saturated carbocycles. The van der Waals surface area contributed by atoms with E-state index in [1.54, 1.807) is 18.3 Å². The Morgan fingerprint density at radius 2 is 1.91 bits per heavy atom. The van der Waals surface area contributed by atoms with Crippen LogP contribution in [-0.2, 0) is 20.8 Å². The molecule has 0 fully saturated rings. The van der Waals surface area contributed by atoms with E-state index in [1.165, 1.54) is 12.1 Å². The minimum Gasteiger partial charge on any atom is -0.264 e. The van der Waals surface area contributed by atoms with Crippen LogP contribution in [0.3, 0.4) is 0 Å². The van der Waals surface area contributed by atoms with Crippen molar-refractivity contribution in [3.05, 3.63) is 59.4 Å². The zero-order valence-electron chi connectivity index (χ0n) is 12.2. The number of aryl methyl sites for hydroxylation is 2. The third-order valence-corrected chi connectivity index (χ3v) is 4.70. The Labute approximate surface area is 129 Å². The lowest BCUT2D eigenvalue weighted by molar-refractivity contribution is 0.337. The van der Waals surface area contributed by atoms with Crippen LogP contribution in [0.2, 0.25) is 0 Å². The molecule has 1 aliphatic carbocycles. The second kappa shape index (κ2) is 5.88. The molecule has 6 heteroatoms. The maximum atomic E-state index is 12.2. The molecule has 0 saturated heterocycles. The van der Waals surface area contributed by atoms with Gasteiger partial charge in [0.25, 0.3) is 0 Å². The van der Waals surface area contributed by atoms with Gasteiger partial charge in [-0.2, -0.15) is 8.42 Å². The summed E-state index contributed by atoms with van der Waals surface area (Å²) < 4.78 is 29.2. The van der Waals surface area contributed by atoms with E-state index in [4.69, 9.17) is 4.28 Å². The number of hydrogen-bond acceptors (Lipinski definition) is 5. The highest BCUT2D eigenvalue weighted by atomic mass is 32.2. The van der Waals surface area contributed by atoms with Gasteiger partial charge < -0.3 is 0 Å². The predicted molar refractivity (Wildman–Crippen MR) is 83.2 cm³/mol. The Bertz CT molecular complexity index is 812. The molecule has 1 aromatic heterocycles. The fourth-order valence-corrected chi connectivity index (χ4v) is 3.14. The highest BCUT2D eigenvalue weighted by Gasteiger charge is 2.20. The fraction of sp³-hybridized carbons (Fsp3) is 0.250. The molecular formula is C16H16N2O3S. The van der Waals surface area contributed by atoms with Gasteiger partial charge in [-0.3, -0.25) is 9.27 Å². The van der Waals surface area contributed by atoms with Gasteiger partial charge in [-0.1, -0.05) is 22.9 Å². The van der Waals surface area contributed by atoms with Crippen molar-refractivity contribution in [1.29, 1.82) is 0 Å². The van der Waals surface area contributed by atoms with E-state index in [2.05, 4.69) is 10.1 Å². The molecule has 3 rings (SSSR count). The van der Waals surface area contributed by atoms with E-state index in [0.29, 0.717) is 12.1 Å². The van der Waals surface area contributed by atoms with Gasteiger partial charge >= 0.3 is 10.1 Å². The van der Waals surface area contributed by atoms with Gasteiger partial charge in [0, 0.05) is 17.5 Å². The van der Waals surface area contributed by atoms with Crippen molar-refractivity contribution in [2.75, 3.05) is 0 Å². The summed E-state index contributed by atoms with van der Waals surface area (Å²) in [7, 11) is -3.89. The van der Waals surface area contributed by atoms with Crippen LogP contribution in [-0.4, -0.2) is 19.1 Å². The normalized spacial score (nSPS) is 16.3. The van der Waals surface area contributed by atoms with E-state index in [9.17, 15) is 8.42 Å². The lowest BCUT2D eigenvalue weighted by Crippen LogP contribution is -2.14. The van der Waals surface area contributed by atoms with Crippen LogP contribution in [0.5, 0.6) is 0 Å². The highest BCUT2D eigenvalue weighted by molar-refractivity contribution is 7.86. The molecule has 5 nitrogen and oxygen atoms in total. The van der Waals surface area contributed by atoms with E-state index in [1.807, 2.05) is 19.1 Å². The average Bonchev–Trinajstić information content (AvgIpc) is 2.53. The second-order valence-corrected chi connectivity index (χ2v) is 6.76. The molecule has 0 unspecified atom stereocenters. The zero-order valence-corrected chi connectivity index (χ0v) is 13.0. The largest absolute Gasteiger partial charge is 0.358 e. The summed E-state index contributed by atoms with van der Waals surface area (Å²) in [6, 6.07) is 10.2. The molecule has 0 spiro atoms. The van der Waals surface area contributed by atoms with Gasteiger partial charge in [-0.05, 0) is 50.5 Å². The molecule has 22 heavy (non-hydrogen) atoms. The van der Waals surface area contributed by atoms with Crippen LogP contribution in [0, 0.1) is 6.92 Å². The first-order valence-electron chi connectivity index (χ1n) is 7.08. The third kappa shape index (κ3) is 3.01. The average molecular weight is 316 g/mol. The molecular weight excluding hydrogens is 300 g/mol. The van der Waals surface area contributed by atoms with Crippen LogP contribution in [0.15, 0.2) is 52.6 Å². The van der Waals surface area contributed by atoms with Crippen molar-refractivity contribution in [2.24, 2.45) is 5.16 Å². The Balaban J connectivity index is 1.87. The van der Waals surface area contributed by atoms with Gasteiger partial charge in [-0.15, -0.1) is 0 Å². The maximum Gasteiger partial charge on any atom is 0.358 e. The van der Waals surface area contributed by atoms with Gasteiger partial charge in [0.1, 0.15) is 4.90 Å². The van der Waals surface area contributed by atoms with Crippen molar-refractivity contribution in [1.82, 2.24) is 4.98 Å². The quantitative estimate of drug-likeness (QED) is 0.817. The molecule has 0 amide bonds. The molecule has 0 aliphatic heterocycles. The topological polar surface area (TPSA) is 68.6 Å². The van der Waals surface area contributed by atoms with Crippen molar-refractivity contribution >= 4 is 15.8 Å². The number of rotatable bonds is 3. The summed E-state index contributed by atoms with van der Waals surface area (Å²) in [5.74, 6) is 0. The summed E-state index contributed by atoms with van der Waals surface area (Å²) >= 11 is 0. The van der Waals surface area contributed by atoms with Gasteiger partial charge in [-0.25, -0.2) is 0 Å². The smallest absolute Gasteiger partial charge is 0.264 e. The molecule has 1 heterocycles. The van der Waals surface area contributed by atoms with Crippen molar-refractivity contribution < 1.29 is 12.7 Å². The monoisotopic (exact) mass is 316 g/mol. The number of oxime groups is 1. The molecule has 0 bridgehead atoms. The molecule has 0 N–H and O–H groups in total. The Kier molecular flexibility index (Phi) is 3.94. The van der Waals surface area contributed by atoms with Crippen LogP contribution in [0.25, 0.3) is 0 Å². The summed E-state index contributed by atoms with van der Waals surface area (Å²) in [6.45, 7) is 1.89. The van der Waals surface area contributed by atoms with E-state index < -0.39 is 10.1 Å². The van der Waals surface area contributed by atoms with Crippen LogP contribution in [0.4, 0.5) is 0 Å². The highest BCUT2D eigenvalue weighted by Crippen LogP contribution is 2.21. The lowest BCUT2D eigenvalue weighted by Gasteiger charge is -2.15. The molecule has 114 valence electrons. The molecule has 1 aromatic carbocycles. The van der Waals surface area contributed by atoms with Crippen LogP contribution < -0.4 is 0 Å². The number of benzene rings is 1. The van der Waals surface area contributed by atoms with Crippen LogP contribution in [0.1, 0.15) is 29.7 Å². The molecule has 0 atom stereocenters. The van der Waals surface area contributed by atoms with Gasteiger partial charge in [0.2, 0.25) is 0 Å². The Morgan fingerprint density at radius 3 is 2.68 bits per heavy atom. The van der Waals surface area contributed by atoms with E-state index in [0.717, 1.165) is 29.7 Å². The Hall–Kier alpha value is -2.21. The number of fused-ring (bicyclic) bond motifs is 1. The number of aromatic nitrogens is 1. The predicted octanol–water partition coefficient (Wildman–Crippen LogP) is 2.84. The van der Waals surface area contributed by atoms with Crippen molar-refractivity contribution in [3.63, 3.8) is 0 Å². The standard InChI is InChI=1S/C16H16N2O3S/c1-12-7-9-13(10-8-12)22(19,20)21-18-16-6-2-5-15-14(16)4-3-11-17-15/h3-4,7-11H,2,5-6H2,1H3/b18-16+. The SMILES string of the molecule is Cc1ccc(S(=O)(=O)O/N=C2\CCCc3ncccc32)cc1. The van der Waals surface area contributed by atoms with Gasteiger partial charge in [0.15, 0.2) is 0 Å². The summed E-state index contributed by atoms with van der Waals surface area (Å²) in [6.07, 6.45) is 4.17. The minimum atomic E-state index is -3.89. The summed E-state index contributed by atoms with van der Waals surface area (Å²) in [5, 5.41) is 3.88. The molecule has 1 aliphatic rings. The minimum absolute atomic E-state index is 0.102. The van der Waals surface area contributed by atoms with E-state index in [-0.39, 0.29) is 4.90 Å². The lowest BCUT2D eigenvalue weighted by atomic mass is 9.94. The molecule has 0 radical (unpaired) electrons. The Morgan fingerprint density at radius 1 is 1.14 bits per heavy atom. The molecule has 2 aromatic rings. The van der Waals surface area contributed by atoms with E-state index >= 15 is 0 Å². The first-order valence-corrected chi connectivity index (χ1v) is 8.48. The summed E-state index contributed by atoms with van der Waals surface area (Å²) in [4.78, 5) is 4.40. The van der Waals surface area contributed by atoms with Crippen molar-refractivity contribution in [2.45, 2.75) is 31.1 Å². The van der Waals surface area contributed by atoms with Crippen molar-refractivity contribution in [3.8, 4) is 0 Å². The van der Waals surface area contributed by atoms with Gasteiger partial charge in [0.05, 0.1) is 5.71 Å². The summed E-state index contributed by atoms with van der Waals surface area (Å²) in [5.41, 5.74) is 3.42. The number of hydrogen-bond donors (Lipinski definition) is 0. The number of nitrogens with zero attached hydrogens (tertiary/aromatic N) is 2. The second-order valence-electron chi connectivity index (χ2n) is 5.23.